The van der Waals surface area contributed by atoms with E-state index in [9.17, 15) is 4.79 Å². The number of nitrogen functional groups attached to an aromatic ring is 1. The van der Waals surface area contributed by atoms with Crippen LogP contribution in [0.4, 0.5) is 5.69 Å². The number of hydrogen-bond acceptors (Lipinski definition) is 3. The molecule has 1 aromatic rings. The Morgan fingerprint density at radius 2 is 2.06 bits per heavy atom. The van der Waals surface area contributed by atoms with E-state index in [0.29, 0.717) is 27.5 Å². The molecule has 0 spiro atoms. The summed E-state index contributed by atoms with van der Waals surface area (Å²) in [5, 5.41) is 0.715. The van der Waals surface area contributed by atoms with E-state index in [1.165, 1.54) is 12.1 Å². The smallest absolute Gasteiger partial charge is 0.260 e. The maximum atomic E-state index is 11.8. The van der Waals surface area contributed by atoms with Crippen LogP contribution in [0.25, 0.3) is 0 Å². The van der Waals surface area contributed by atoms with Gasteiger partial charge in [-0.1, -0.05) is 23.2 Å². The third kappa shape index (κ3) is 3.00. The number of carbonyl (C=O) groups is 1. The third-order valence-electron chi connectivity index (χ3n) is 2.89. The molecule has 1 amide bonds. The zero-order valence-electron chi connectivity index (χ0n) is 9.95. The molecule has 1 fully saturated rings. The molecule has 1 aliphatic rings. The lowest BCUT2D eigenvalue weighted by Gasteiger charge is -2.17. The lowest BCUT2D eigenvalue weighted by Crippen LogP contribution is -2.33. The molecule has 0 aliphatic heterocycles. The van der Waals surface area contributed by atoms with Gasteiger partial charge in [0.25, 0.3) is 5.91 Å². The molecule has 1 aromatic carbocycles. The molecular weight excluding hydrogens is 275 g/mol. The summed E-state index contributed by atoms with van der Waals surface area (Å²) in [6.45, 7) is -0.0465. The van der Waals surface area contributed by atoms with Crippen molar-refractivity contribution < 1.29 is 9.53 Å². The first kappa shape index (κ1) is 13.3. The lowest BCUT2D eigenvalue weighted by molar-refractivity contribution is -0.132. The normalized spacial score (nSPS) is 14.4. The van der Waals surface area contributed by atoms with Crippen molar-refractivity contribution in [3.05, 3.63) is 22.2 Å². The highest BCUT2D eigenvalue weighted by Crippen LogP contribution is 2.32. The summed E-state index contributed by atoms with van der Waals surface area (Å²) in [6, 6.07) is 3.39. The second kappa shape index (κ2) is 5.24. The maximum Gasteiger partial charge on any atom is 0.260 e. The van der Waals surface area contributed by atoms with Crippen molar-refractivity contribution in [2.24, 2.45) is 0 Å². The molecule has 0 radical (unpaired) electrons. The minimum atomic E-state index is -0.0667. The Labute approximate surface area is 116 Å². The van der Waals surface area contributed by atoms with Crippen molar-refractivity contribution in [1.82, 2.24) is 4.90 Å². The van der Waals surface area contributed by atoms with Gasteiger partial charge in [0.1, 0.15) is 5.75 Å². The van der Waals surface area contributed by atoms with Crippen LogP contribution >= 0.6 is 23.2 Å². The van der Waals surface area contributed by atoms with Crippen LogP contribution < -0.4 is 10.5 Å². The Morgan fingerprint density at radius 1 is 1.44 bits per heavy atom. The summed E-state index contributed by atoms with van der Waals surface area (Å²) in [6.07, 6.45) is 2.13. The number of hydrogen-bond donors (Lipinski definition) is 1. The summed E-state index contributed by atoms with van der Waals surface area (Å²) in [4.78, 5) is 13.5. The average molecular weight is 289 g/mol. The monoisotopic (exact) mass is 288 g/mol. The van der Waals surface area contributed by atoms with Gasteiger partial charge < -0.3 is 15.4 Å². The molecular formula is C12H14Cl2N2O2. The van der Waals surface area contributed by atoms with Gasteiger partial charge in [-0.25, -0.2) is 0 Å². The van der Waals surface area contributed by atoms with Crippen LogP contribution in [-0.4, -0.2) is 30.5 Å². The Hall–Kier alpha value is -1.13. The van der Waals surface area contributed by atoms with E-state index in [4.69, 9.17) is 33.7 Å². The van der Waals surface area contributed by atoms with Crippen LogP contribution in [0.15, 0.2) is 12.1 Å². The Morgan fingerprint density at radius 3 is 2.67 bits per heavy atom. The molecule has 0 saturated heterocycles. The molecule has 1 saturated carbocycles. The van der Waals surface area contributed by atoms with Gasteiger partial charge in [0.2, 0.25) is 0 Å². The van der Waals surface area contributed by atoms with Crippen molar-refractivity contribution in [2.45, 2.75) is 18.9 Å². The van der Waals surface area contributed by atoms with Gasteiger partial charge in [-0.2, -0.15) is 0 Å². The number of anilines is 1. The van der Waals surface area contributed by atoms with Crippen LogP contribution in [-0.2, 0) is 4.79 Å². The average Bonchev–Trinajstić information content (AvgIpc) is 3.14. The standard InChI is InChI=1S/C12H14Cl2N2O2/c1-16(7-2-3-7)12(17)6-18-11-5-9(14)8(13)4-10(11)15/h4-5,7H,2-3,6,15H2,1H3. The molecule has 2 N–H and O–H groups in total. The molecule has 4 nitrogen and oxygen atoms in total. The largest absolute Gasteiger partial charge is 0.482 e. The molecule has 0 bridgehead atoms. The summed E-state index contributed by atoms with van der Waals surface area (Å²) in [7, 11) is 1.78. The first-order valence-corrected chi connectivity index (χ1v) is 6.37. The number of ether oxygens (including phenoxy) is 1. The van der Waals surface area contributed by atoms with E-state index in [1.807, 2.05) is 0 Å². The number of likely N-dealkylation sites (N-methyl/N-ethyl adjacent to an activating group) is 1. The van der Waals surface area contributed by atoms with E-state index in [2.05, 4.69) is 0 Å². The molecule has 0 unspecified atom stereocenters. The zero-order valence-corrected chi connectivity index (χ0v) is 11.5. The fourth-order valence-corrected chi connectivity index (χ4v) is 1.90. The topological polar surface area (TPSA) is 55.6 Å². The van der Waals surface area contributed by atoms with E-state index in [-0.39, 0.29) is 12.5 Å². The number of rotatable bonds is 4. The zero-order chi connectivity index (χ0) is 13.3. The maximum absolute atomic E-state index is 11.8. The molecule has 98 valence electrons. The first-order valence-electron chi connectivity index (χ1n) is 5.62. The van der Waals surface area contributed by atoms with Crippen molar-refractivity contribution in [3.63, 3.8) is 0 Å². The fraction of sp³-hybridized carbons (Fsp3) is 0.417. The highest BCUT2D eigenvalue weighted by atomic mass is 35.5. The van der Waals surface area contributed by atoms with Crippen LogP contribution in [0.3, 0.4) is 0 Å². The summed E-state index contributed by atoms with van der Waals surface area (Å²) in [5.74, 6) is 0.310. The molecule has 0 aromatic heterocycles. The number of benzene rings is 1. The SMILES string of the molecule is CN(C(=O)COc1cc(Cl)c(Cl)cc1N)C1CC1. The Kier molecular flexibility index (Phi) is 3.88. The lowest BCUT2D eigenvalue weighted by atomic mass is 10.3. The second-order valence-corrected chi connectivity index (χ2v) is 5.14. The quantitative estimate of drug-likeness (QED) is 0.867. The van der Waals surface area contributed by atoms with Crippen molar-refractivity contribution in [3.8, 4) is 5.75 Å². The predicted octanol–water partition coefficient (Wildman–Crippen LogP) is 2.58. The minimum Gasteiger partial charge on any atom is -0.482 e. The Bertz CT molecular complexity index is 475. The molecule has 0 atom stereocenters. The number of halogens is 2. The van der Waals surface area contributed by atoms with Gasteiger partial charge in [0.05, 0.1) is 15.7 Å². The molecule has 1 aliphatic carbocycles. The van der Waals surface area contributed by atoms with Crippen molar-refractivity contribution in [1.29, 1.82) is 0 Å². The highest BCUT2D eigenvalue weighted by Gasteiger charge is 2.29. The van der Waals surface area contributed by atoms with Crippen LogP contribution in [0.2, 0.25) is 10.0 Å². The van der Waals surface area contributed by atoms with Gasteiger partial charge in [0.15, 0.2) is 6.61 Å². The second-order valence-electron chi connectivity index (χ2n) is 4.33. The van der Waals surface area contributed by atoms with Gasteiger partial charge in [0, 0.05) is 19.2 Å². The predicted molar refractivity (Wildman–Crippen MR) is 72.2 cm³/mol. The number of carbonyl (C=O) groups excluding carboxylic acids is 1. The molecule has 0 heterocycles. The van der Waals surface area contributed by atoms with E-state index in [1.54, 1.807) is 11.9 Å². The summed E-state index contributed by atoms with van der Waals surface area (Å²) >= 11 is 11.7. The van der Waals surface area contributed by atoms with E-state index < -0.39 is 0 Å². The highest BCUT2D eigenvalue weighted by molar-refractivity contribution is 6.42. The molecule has 6 heteroatoms. The molecule has 18 heavy (non-hydrogen) atoms. The number of nitrogens with zero attached hydrogens (tertiary/aromatic N) is 1. The number of amides is 1. The summed E-state index contributed by atoms with van der Waals surface area (Å²) < 4.78 is 5.37. The van der Waals surface area contributed by atoms with E-state index >= 15 is 0 Å². The van der Waals surface area contributed by atoms with Crippen molar-refractivity contribution in [2.75, 3.05) is 19.4 Å². The molecule has 2 rings (SSSR count). The van der Waals surface area contributed by atoms with Gasteiger partial charge in [-0.3, -0.25) is 4.79 Å². The van der Waals surface area contributed by atoms with Gasteiger partial charge in [-0.05, 0) is 18.9 Å². The third-order valence-corrected chi connectivity index (χ3v) is 3.61. The fourth-order valence-electron chi connectivity index (χ4n) is 1.58. The van der Waals surface area contributed by atoms with E-state index in [0.717, 1.165) is 12.8 Å². The van der Waals surface area contributed by atoms with Gasteiger partial charge >= 0.3 is 0 Å². The summed E-state index contributed by atoms with van der Waals surface area (Å²) in [5.41, 5.74) is 6.10. The van der Waals surface area contributed by atoms with Crippen LogP contribution in [0, 0.1) is 0 Å². The first-order chi connectivity index (χ1) is 8.49. The number of nitrogens with two attached hydrogens (primary N) is 1. The Balaban J connectivity index is 1.97. The van der Waals surface area contributed by atoms with Crippen LogP contribution in [0.5, 0.6) is 5.75 Å². The van der Waals surface area contributed by atoms with Crippen LogP contribution in [0.1, 0.15) is 12.8 Å². The van der Waals surface area contributed by atoms with Crippen molar-refractivity contribution >= 4 is 34.8 Å². The van der Waals surface area contributed by atoms with Gasteiger partial charge in [-0.15, -0.1) is 0 Å². The minimum absolute atomic E-state index is 0.0465.